The van der Waals surface area contributed by atoms with Gasteiger partial charge in [-0.1, -0.05) is 72.9 Å². The smallest absolute Gasteiger partial charge is 0.0199 e. The minimum atomic E-state index is 0.480. The third-order valence-corrected chi connectivity index (χ3v) is 7.09. The lowest BCUT2D eigenvalue weighted by Gasteiger charge is -2.37. The van der Waals surface area contributed by atoms with E-state index in [0.717, 1.165) is 0 Å². The van der Waals surface area contributed by atoms with E-state index in [1.807, 2.05) is 0 Å². The van der Waals surface area contributed by atoms with E-state index in [0.29, 0.717) is 11.8 Å². The average Bonchev–Trinajstić information content (AvgIpc) is 2.77. The van der Waals surface area contributed by atoms with E-state index < -0.39 is 0 Å². The Balaban J connectivity index is 1.60. The molecule has 0 spiro atoms. The van der Waals surface area contributed by atoms with Crippen molar-refractivity contribution in [3.05, 3.63) is 105 Å². The predicted molar refractivity (Wildman–Crippen MR) is 118 cm³/mol. The Morgan fingerprint density at radius 2 is 1.61 bits per heavy atom. The fourth-order valence-corrected chi connectivity index (χ4v) is 5.77. The molecule has 0 bridgehead atoms. The Labute approximate surface area is 167 Å². The summed E-state index contributed by atoms with van der Waals surface area (Å²) in [5.74, 6) is 0.966. The first-order chi connectivity index (χ1) is 13.9. The molecule has 5 aliphatic rings. The summed E-state index contributed by atoms with van der Waals surface area (Å²) in [4.78, 5) is 0. The molecule has 2 atom stereocenters. The summed E-state index contributed by atoms with van der Waals surface area (Å²) < 4.78 is 0. The Morgan fingerprint density at radius 3 is 2.57 bits per heavy atom. The lowest BCUT2D eigenvalue weighted by atomic mass is 9.67. The molecule has 0 N–H and O–H groups in total. The molecule has 0 saturated heterocycles. The van der Waals surface area contributed by atoms with Crippen LogP contribution in [0.5, 0.6) is 0 Å². The van der Waals surface area contributed by atoms with E-state index in [2.05, 4.69) is 72.9 Å². The van der Waals surface area contributed by atoms with Gasteiger partial charge >= 0.3 is 0 Å². The maximum absolute atomic E-state index is 2.56. The predicted octanol–water partition coefficient (Wildman–Crippen LogP) is 5.45. The van der Waals surface area contributed by atoms with Crippen LogP contribution < -0.4 is 10.4 Å². The first kappa shape index (κ1) is 16.4. The topological polar surface area (TPSA) is 0 Å². The molecule has 0 aromatic heterocycles. The normalized spacial score (nSPS) is 27.6. The Morgan fingerprint density at radius 1 is 0.750 bits per heavy atom. The van der Waals surface area contributed by atoms with Crippen LogP contribution in [0.2, 0.25) is 0 Å². The van der Waals surface area contributed by atoms with Crippen molar-refractivity contribution in [3.63, 3.8) is 0 Å². The van der Waals surface area contributed by atoms with Gasteiger partial charge in [0, 0.05) is 11.8 Å². The summed E-state index contributed by atoms with van der Waals surface area (Å²) in [6, 6.07) is 9.06. The van der Waals surface area contributed by atoms with Crippen LogP contribution >= 0.6 is 0 Å². The van der Waals surface area contributed by atoms with Gasteiger partial charge in [0.2, 0.25) is 0 Å². The van der Waals surface area contributed by atoms with Crippen LogP contribution in [0.3, 0.4) is 0 Å². The third-order valence-electron chi connectivity index (χ3n) is 7.09. The quantitative estimate of drug-likeness (QED) is 0.623. The second-order valence-corrected chi connectivity index (χ2v) is 8.66. The number of rotatable bonds is 1. The lowest BCUT2D eigenvalue weighted by Crippen LogP contribution is -2.38. The van der Waals surface area contributed by atoms with E-state index in [-0.39, 0.29) is 0 Å². The summed E-state index contributed by atoms with van der Waals surface area (Å²) in [5.41, 5.74) is 9.48. The first-order valence-electron chi connectivity index (χ1n) is 10.9. The molecule has 2 unspecified atom stereocenters. The Hall–Kier alpha value is -2.60. The highest BCUT2D eigenvalue weighted by Crippen LogP contribution is 2.46. The second kappa shape index (κ2) is 6.48. The van der Waals surface area contributed by atoms with Crippen molar-refractivity contribution in [1.29, 1.82) is 0 Å². The largest absolute Gasteiger partial charge is 0.0839 e. The number of allylic oxidation sites excluding steroid dienone is 12. The van der Waals surface area contributed by atoms with Gasteiger partial charge in [-0.25, -0.2) is 0 Å². The van der Waals surface area contributed by atoms with Gasteiger partial charge < -0.3 is 0 Å². The van der Waals surface area contributed by atoms with Crippen molar-refractivity contribution in [3.8, 4) is 0 Å². The zero-order valence-corrected chi connectivity index (χ0v) is 16.3. The molecule has 0 radical (unpaired) electrons. The van der Waals surface area contributed by atoms with E-state index in [1.54, 1.807) is 33.4 Å². The highest BCUT2D eigenvalue weighted by molar-refractivity contribution is 5.77. The van der Waals surface area contributed by atoms with Crippen LogP contribution in [0, 0.1) is 11.8 Å². The molecule has 1 aromatic carbocycles. The molecule has 0 heterocycles. The fourth-order valence-electron chi connectivity index (χ4n) is 5.77. The average molecular weight is 363 g/mol. The SMILES string of the molecule is C1=CC2=C(C=C(C3=c4ccccc4=CC4C=CC5=C(C=CCC5)C34)CC2)CC1. The van der Waals surface area contributed by atoms with Crippen LogP contribution in [-0.2, 0) is 0 Å². The molecule has 6 rings (SSSR count). The molecule has 0 fully saturated rings. The Bertz CT molecular complexity index is 1160. The molecule has 0 nitrogen and oxygen atoms in total. The van der Waals surface area contributed by atoms with Crippen LogP contribution in [0.15, 0.2) is 94.7 Å². The minimum Gasteiger partial charge on any atom is -0.0839 e. The van der Waals surface area contributed by atoms with Crippen molar-refractivity contribution >= 4 is 11.6 Å². The summed E-state index contributed by atoms with van der Waals surface area (Å²) >= 11 is 0. The maximum atomic E-state index is 2.56. The zero-order valence-electron chi connectivity index (χ0n) is 16.3. The van der Waals surface area contributed by atoms with Gasteiger partial charge in [0.15, 0.2) is 0 Å². The summed E-state index contributed by atoms with van der Waals surface area (Å²) in [6.07, 6.45) is 26.6. The van der Waals surface area contributed by atoms with E-state index in [9.17, 15) is 0 Å². The zero-order chi connectivity index (χ0) is 18.5. The maximum Gasteiger partial charge on any atom is 0.0199 e. The standard InChI is InChI=1S/C28H26/c1-2-9-21-17-23(15-13-19(21)7-1)28-26-12-6-4-10-22(26)18-24-16-14-20-8-3-5-11-25(20)27(24)28/h1,4-7,10-12,14,16-18,24,27H,2-3,8-9,13,15H2. The Kier molecular flexibility index (Phi) is 3.79. The van der Waals surface area contributed by atoms with Gasteiger partial charge in [0.1, 0.15) is 0 Å². The first-order valence-corrected chi connectivity index (χ1v) is 10.9. The molecule has 1 aromatic rings. The van der Waals surface area contributed by atoms with Crippen LogP contribution in [0.4, 0.5) is 0 Å². The van der Waals surface area contributed by atoms with Crippen molar-refractivity contribution in [1.82, 2.24) is 0 Å². The summed E-state index contributed by atoms with van der Waals surface area (Å²) in [5, 5.41) is 2.88. The van der Waals surface area contributed by atoms with Crippen molar-refractivity contribution < 1.29 is 0 Å². The fraction of sp³-hybridized carbons (Fsp3) is 0.286. The van der Waals surface area contributed by atoms with Gasteiger partial charge in [-0.2, -0.15) is 0 Å². The molecule has 0 amide bonds. The number of fused-ring (bicyclic) bond motifs is 3. The van der Waals surface area contributed by atoms with Crippen LogP contribution in [-0.4, -0.2) is 0 Å². The number of benzene rings is 1. The molecular formula is C28H26. The monoisotopic (exact) mass is 362 g/mol. The lowest BCUT2D eigenvalue weighted by molar-refractivity contribution is 0.651. The van der Waals surface area contributed by atoms with Gasteiger partial charge in [0.05, 0.1) is 0 Å². The molecule has 0 saturated carbocycles. The van der Waals surface area contributed by atoms with Crippen LogP contribution in [0.1, 0.15) is 38.5 Å². The summed E-state index contributed by atoms with van der Waals surface area (Å²) in [7, 11) is 0. The van der Waals surface area contributed by atoms with Gasteiger partial charge in [0.25, 0.3) is 0 Å². The highest BCUT2D eigenvalue weighted by Gasteiger charge is 2.34. The van der Waals surface area contributed by atoms with Crippen molar-refractivity contribution in [2.45, 2.75) is 38.5 Å². The summed E-state index contributed by atoms with van der Waals surface area (Å²) in [6.45, 7) is 0. The third kappa shape index (κ3) is 2.51. The highest BCUT2D eigenvalue weighted by atomic mass is 14.4. The van der Waals surface area contributed by atoms with Crippen LogP contribution in [0.25, 0.3) is 11.6 Å². The van der Waals surface area contributed by atoms with E-state index in [4.69, 9.17) is 0 Å². The molecule has 28 heavy (non-hydrogen) atoms. The van der Waals surface area contributed by atoms with Gasteiger partial charge in [-0.05, 0) is 82.4 Å². The number of hydrogen-bond donors (Lipinski definition) is 0. The van der Waals surface area contributed by atoms with E-state index >= 15 is 0 Å². The molecule has 0 heteroatoms. The van der Waals surface area contributed by atoms with E-state index in [1.165, 1.54) is 49.0 Å². The molecule has 5 aliphatic carbocycles. The van der Waals surface area contributed by atoms with Gasteiger partial charge in [-0.15, -0.1) is 0 Å². The minimum absolute atomic E-state index is 0.480. The molecular weight excluding hydrogens is 336 g/mol. The van der Waals surface area contributed by atoms with Crippen molar-refractivity contribution in [2.75, 3.05) is 0 Å². The molecule has 0 aliphatic heterocycles. The van der Waals surface area contributed by atoms with Crippen molar-refractivity contribution in [2.24, 2.45) is 11.8 Å². The number of hydrogen-bond acceptors (Lipinski definition) is 0. The second-order valence-electron chi connectivity index (χ2n) is 8.66. The van der Waals surface area contributed by atoms with Gasteiger partial charge in [-0.3, -0.25) is 0 Å². The molecule has 138 valence electrons.